The van der Waals surface area contributed by atoms with Gasteiger partial charge in [0.25, 0.3) is 0 Å². The fraction of sp³-hybridized carbons (Fsp3) is 0.444. The molecule has 1 heterocycles. The van der Waals surface area contributed by atoms with Gasteiger partial charge in [0.05, 0.1) is 5.56 Å². The van der Waals surface area contributed by atoms with Crippen molar-refractivity contribution in [2.24, 2.45) is 7.05 Å². The topological polar surface area (TPSA) is 34.9 Å². The first-order chi connectivity index (χ1) is 9.88. The average Bonchev–Trinajstić information content (AvgIpc) is 2.77. The molecule has 1 aromatic carbocycles. The third-order valence-electron chi connectivity index (χ3n) is 4.29. The van der Waals surface area contributed by atoms with Gasteiger partial charge in [0.15, 0.2) is 5.78 Å². The molecule has 21 heavy (non-hydrogen) atoms. The molecule has 1 aromatic heterocycles. The maximum Gasteiger partial charge on any atom is 0.166 e. The van der Waals surface area contributed by atoms with E-state index in [-0.39, 0.29) is 11.2 Å². The van der Waals surface area contributed by atoms with Crippen LogP contribution in [0.15, 0.2) is 24.3 Å². The molecule has 3 rings (SSSR count). The molecule has 0 amide bonds. The van der Waals surface area contributed by atoms with Crippen LogP contribution in [0.4, 0.5) is 0 Å². The zero-order valence-electron chi connectivity index (χ0n) is 13.2. The number of hydrogen-bond donors (Lipinski definition) is 0. The Hall–Kier alpha value is -1.90. The van der Waals surface area contributed by atoms with Crippen LogP contribution in [0.3, 0.4) is 0 Å². The number of aromatic nitrogens is 2. The summed E-state index contributed by atoms with van der Waals surface area (Å²) in [6, 6.07) is 8.46. The molecule has 0 spiro atoms. The Morgan fingerprint density at radius 1 is 1.10 bits per heavy atom. The Kier molecular flexibility index (Phi) is 3.23. The lowest BCUT2D eigenvalue weighted by molar-refractivity contribution is 0.0972. The van der Waals surface area contributed by atoms with E-state index < -0.39 is 0 Å². The van der Waals surface area contributed by atoms with Crippen LogP contribution in [-0.2, 0) is 18.9 Å². The Balaban J connectivity index is 2.07. The van der Waals surface area contributed by atoms with E-state index in [2.05, 4.69) is 50.1 Å². The summed E-state index contributed by atoms with van der Waals surface area (Å²) in [6.45, 7) is 6.61. The molecule has 0 atom stereocenters. The molecular formula is C18H22N2O. The lowest BCUT2D eigenvalue weighted by Gasteiger charge is -2.19. The number of nitrogens with zero attached hydrogens (tertiary/aromatic N) is 2. The molecule has 0 radical (unpaired) electrons. The third kappa shape index (κ3) is 2.41. The summed E-state index contributed by atoms with van der Waals surface area (Å²) in [6.07, 6.45) is 2.53. The predicted molar refractivity (Wildman–Crippen MR) is 84.6 cm³/mol. The Bertz CT molecular complexity index is 687. The number of benzene rings is 1. The highest BCUT2D eigenvalue weighted by Crippen LogP contribution is 2.32. The third-order valence-corrected chi connectivity index (χ3v) is 4.29. The smallest absolute Gasteiger partial charge is 0.166 e. The van der Waals surface area contributed by atoms with Gasteiger partial charge in [0.2, 0.25) is 0 Å². The molecule has 0 aliphatic heterocycles. The molecular weight excluding hydrogens is 260 g/mol. The number of ketones is 1. The standard InChI is InChI=1S/C18H22N2O/c1-18(2,3)13-10-8-12(9-11-13)17-16-14(20(4)19-17)6-5-7-15(16)21/h8-11H,5-7H2,1-4H3. The first kappa shape index (κ1) is 14.1. The summed E-state index contributed by atoms with van der Waals surface area (Å²) in [7, 11) is 1.93. The minimum Gasteiger partial charge on any atom is -0.294 e. The molecule has 3 heteroatoms. The molecule has 2 aromatic rings. The second kappa shape index (κ2) is 4.83. The fourth-order valence-electron chi connectivity index (χ4n) is 3.01. The van der Waals surface area contributed by atoms with Crippen molar-refractivity contribution < 1.29 is 4.79 Å². The minimum absolute atomic E-state index is 0.137. The van der Waals surface area contributed by atoms with Gasteiger partial charge >= 0.3 is 0 Å². The van der Waals surface area contributed by atoms with Gasteiger partial charge < -0.3 is 0 Å². The van der Waals surface area contributed by atoms with E-state index >= 15 is 0 Å². The van der Waals surface area contributed by atoms with E-state index in [1.165, 1.54) is 5.56 Å². The van der Waals surface area contributed by atoms with Crippen molar-refractivity contribution in [2.75, 3.05) is 0 Å². The normalized spacial score (nSPS) is 15.1. The van der Waals surface area contributed by atoms with Gasteiger partial charge in [-0.15, -0.1) is 0 Å². The van der Waals surface area contributed by atoms with E-state index in [0.29, 0.717) is 6.42 Å². The van der Waals surface area contributed by atoms with Crippen molar-refractivity contribution in [1.29, 1.82) is 0 Å². The number of carbonyl (C=O) groups excluding carboxylic acids is 1. The SMILES string of the molecule is Cn1nc(-c2ccc(C(C)(C)C)cc2)c2c1CCCC2=O. The number of hydrogen-bond acceptors (Lipinski definition) is 2. The van der Waals surface area contributed by atoms with Crippen LogP contribution in [0.25, 0.3) is 11.3 Å². The van der Waals surface area contributed by atoms with Crippen LogP contribution in [0.5, 0.6) is 0 Å². The summed E-state index contributed by atoms with van der Waals surface area (Å²) in [5.74, 6) is 0.235. The van der Waals surface area contributed by atoms with Crippen LogP contribution < -0.4 is 0 Å². The molecule has 0 saturated carbocycles. The van der Waals surface area contributed by atoms with Crippen molar-refractivity contribution in [2.45, 2.75) is 45.4 Å². The zero-order valence-corrected chi connectivity index (χ0v) is 13.2. The summed E-state index contributed by atoms with van der Waals surface area (Å²) in [5.41, 5.74) is 5.24. The molecule has 1 aliphatic carbocycles. The second-order valence-electron chi connectivity index (χ2n) is 6.90. The highest BCUT2D eigenvalue weighted by atomic mass is 16.1. The van der Waals surface area contributed by atoms with Crippen LogP contribution >= 0.6 is 0 Å². The number of aryl methyl sites for hydroxylation is 1. The number of carbonyl (C=O) groups is 1. The highest BCUT2D eigenvalue weighted by Gasteiger charge is 2.26. The molecule has 3 nitrogen and oxygen atoms in total. The fourth-order valence-corrected chi connectivity index (χ4v) is 3.01. The summed E-state index contributed by atoms with van der Waals surface area (Å²) < 4.78 is 1.87. The van der Waals surface area contributed by atoms with E-state index in [9.17, 15) is 4.79 Å². The van der Waals surface area contributed by atoms with Crippen molar-refractivity contribution in [1.82, 2.24) is 9.78 Å². The zero-order chi connectivity index (χ0) is 15.2. The molecule has 0 bridgehead atoms. The van der Waals surface area contributed by atoms with Gasteiger partial charge in [0.1, 0.15) is 5.69 Å². The van der Waals surface area contributed by atoms with Gasteiger partial charge in [-0.25, -0.2) is 0 Å². The molecule has 0 fully saturated rings. The van der Waals surface area contributed by atoms with Gasteiger partial charge in [0, 0.05) is 24.7 Å². The molecule has 0 N–H and O–H groups in total. The first-order valence-corrected chi connectivity index (χ1v) is 7.58. The van der Waals surface area contributed by atoms with E-state index in [0.717, 1.165) is 35.4 Å². The Morgan fingerprint density at radius 3 is 2.38 bits per heavy atom. The first-order valence-electron chi connectivity index (χ1n) is 7.58. The summed E-state index contributed by atoms with van der Waals surface area (Å²) in [4.78, 5) is 12.3. The van der Waals surface area contributed by atoms with Crippen LogP contribution in [0.2, 0.25) is 0 Å². The van der Waals surface area contributed by atoms with Crippen LogP contribution in [0.1, 0.15) is 55.2 Å². The summed E-state index contributed by atoms with van der Waals surface area (Å²) in [5, 5.41) is 4.60. The van der Waals surface area contributed by atoms with Crippen LogP contribution in [0, 0.1) is 0 Å². The predicted octanol–water partition coefficient (Wildman–Crippen LogP) is 3.90. The monoisotopic (exact) mass is 282 g/mol. The van der Waals surface area contributed by atoms with Gasteiger partial charge in [-0.2, -0.15) is 5.10 Å². The van der Waals surface area contributed by atoms with Gasteiger partial charge in [-0.1, -0.05) is 45.0 Å². The lowest BCUT2D eigenvalue weighted by Crippen LogP contribution is -2.12. The second-order valence-corrected chi connectivity index (χ2v) is 6.90. The van der Waals surface area contributed by atoms with E-state index in [4.69, 9.17) is 0 Å². The maximum atomic E-state index is 12.3. The molecule has 0 unspecified atom stereocenters. The van der Waals surface area contributed by atoms with Crippen molar-refractivity contribution in [3.05, 3.63) is 41.1 Å². The Morgan fingerprint density at radius 2 is 1.76 bits per heavy atom. The minimum atomic E-state index is 0.137. The van der Waals surface area contributed by atoms with Gasteiger partial charge in [-0.3, -0.25) is 9.48 Å². The lowest BCUT2D eigenvalue weighted by atomic mass is 9.86. The number of fused-ring (bicyclic) bond motifs is 1. The highest BCUT2D eigenvalue weighted by molar-refractivity contribution is 6.03. The van der Waals surface area contributed by atoms with Crippen molar-refractivity contribution >= 4 is 5.78 Å². The molecule has 110 valence electrons. The molecule has 0 saturated heterocycles. The number of rotatable bonds is 1. The summed E-state index contributed by atoms with van der Waals surface area (Å²) >= 11 is 0. The van der Waals surface area contributed by atoms with Crippen molar-refractivity contribution in [3.63, 3.8) is 0 Å². The van der Waals surface area contributed by atoms with E-state index in [1.54, 1.807) is 0 Å². The quantitative estimate of drug-likeness (QED) is 0.795. The molecule has 1 aliphatic rings. The largest absolute Gasteiger partial charge is 0.294 e. The Labute approximate surface area is 126 Å². The van der Waals surface area contributed by atoms with E-state index in [1.807, 2.05) is 11.7 Å². The number of Topliss-reactive ketones (excluding diaryl/α,β-unsaturated/α-hetero) is 1. The van der Waals surface area contributed by atoms with Gasteiger partial charge in [-0.05, 0) is 23.8 Å². The van der Waals surface area contributed by atoms with Crippen LogP contribution in [-0.4, -0.2) is 15.6 Å². The maximum absolute atomic E-state index is 12.3. The average molecular weight is 282 g/mol. The van der Waals surface area contributed by atoms with Crippen molar-refractivity contribution in [3.8, 4) is 11.3 Å².